The molecule has 0 heterocycles. The summed E-state index contributed by atoms with van der Waals surface area (Å²) in [5.41, 5.74) is 0. The number of rotatable bonds is 1. The van der Waals surface area contributed by atoms with Gasteiger partial charge in [0.25, 0.3) is 0 Å². The van der Waals surface area contributed by atoms with Crippen LogP contribution < -0.4 is 5.32 Å². The van der Waals surface area contributed by atoms with Crippen LogP contribution in [0.5, 0.6) is 0 Å². The van der Waals surface area contributed by atoms with Gasteiger partial charge in [-0.25, -0.2) is 4.79 Å². The monoisotopic (exact) mass is 141 g/mol. The van der Waals surface area contributed by atoms with Crippen molar-refractivity contribution in [3.63, 3.8) is 0 Å². The second-order valence-corrected chi connectivity index (χ2v) is 1.38. The molecule has 0 aromatic carbocycles. The fraction of sp³-hybridized carbons (Fsp3) is 0.333. The predicted molar refractivity (Wildman–Crippen MR) is 33.9 cm³/mol. The van der Waals surface area contributed by atoms with Crippen LogP contribution in [0.3, 0.4) is 0 Å². The highest BCUT2D eigenvalue weighted by molar-refractivity contribution is 6.32. The second kappa shape index (κ2) is 4.39. The van der Waals surface area contributed by atoms with Crippen molar-refractivity contribution in [2.75, 3.05) is 13.7 Å². The number of methoxy groups -OCH3 is 1. The van der Waals surface area contributed by atoms with Gasteiger partial charge in [0.15, 0.2) is 0 Å². The molecular formula is C6H7NO3. The number of esters is 1. The predicted octanol–water partition coefficient (Wildman–Crippen LogP) is -1.09. The minimum Gasteiger partial charge on any atom is -0.462 e. The van der Waals surface area contributed by atoms with E-state index in [0.29, 0.717) is 0 Å². The highest BCUT2D eigenvalue weighted by Crippen LogP contribution is 1.71. The first-order chi connectivity index (χ1) is 4.72. The van der Waals surface area contributed by atoms with Gasteiger partial charge in [-0.2, -0.15) is 0 Å². The first kappa shape index (κ1) is 8.50. The summed E-state index contributed by atoms with van der Waals surface area (Å²) in [6.07, 6.45) is 4.80. The van der Waals surface area contributed by atoms with Crippen LogP contribution in [0.15, 0.2) is 0 Å². The molecule has 0 radical (unpaired) electrons. The summed E-state index contributed by atoms with van der Waals surface area (Å²) >= 11 is 0. The van der Waals surface area contributed by atoms with Crippen LogP contribution >= 0.6 is 0 Å². The normalized spacial score (nSPS) is 7.60. The maximum Gasteiger partial charge on any atom is 0.396 e. The highest BCUT2D eigenvalue weighted by atomic mass is 16.5. The quantitative estimate of drug-likeness (QED) is 0.287. The van der Waals surface area contributed by atoms with Crippen molar-refractivity contribution < 1.29 is 14.3 Å². The molecular weight excluding hydrogens is 134 g/mol. The summed E-state index contributed by atoms with van der Waals surface area (Å²) in [5, 5.41) is 2.13. The van der Waals surface area contributed by atoms with Crippen molar-refractivity contribution in [3.8, 4) is 12.3 Å². The van der Waals surface area contributed by atoms with E-state index in [2.05, 4.69) is 16.0 Å². The van der Waals surface area contributed by atoms with Gasteiger partial charge < -0.3 is 10.1 Å². The average molecular weight is 141 g/mol. The average Bonchev–Trinajstić information content (AvgIpc) is 1.98. The molecule has 0 aromatic heterocycles. The number of ether oxygens (including phenoxy) is 1. The van der Waals surface area contributed by atoms with Gasteiger partial charge in [0.2, 0.25) is 0 Å². The fourth-order valence-electron chi connectivity index (χ4n) is 0.296. The van der Waals surface area contributed by atoms with E-state index >= 15 is 0 Å². The van der Waals surface area contributed by atoms with E-state index in [1.54, 1.807) is 0 Å². The number of nitrogens with one attached hydrogen (secondary N) is 1. The van der Waals surface area contributed by atoms with Gasteiger partial charge in [-0.3, -0.25) is 4.79 Å². The molecule has 0 rings (SSSR count). The van der Waals surface area contributed by atoms with Crippen molar-refractivity contribution in [3.05, 3.63) is 0 Å². The number of amides is 1. The molecule has 0 aliphatic heterocycles. The Hall–Kier alpha value is -1.50. The van der Waals surface area contributed by atoms with Crippen molar-refractivity contribution in [1.82, 2.24) is 5.32 Å². The summed E-state index contributed by atoms with van der Waals surface area (Å²) in [6.45, 7) is 0.0356. The molecule has 0 aliphatic rings. The van der Waals surface area contributed by atoms with E-state index in [1.807, 2.05) is 0 Å². The molecule has 54 valence electrons. The second-order valence-electron chi connectivity index (χ2n) is 1.38. The minimum atomic E-state index is -0.935. The topological polar surface area (TPSA) is 55.4 Å². The molecule has 10 heavy (non-hydrogen) atoms. The third-order valence-corrected chi connectivity index (χ3v) is 0.722. The lowest BCUT2D eigenvalue weighted by Crippen LogP contribution is -2.31. The minimum absolute atomic E-state index is 0.0356. The lowest BCUT2D eigenvalue weighted by atomic mass is 10.5. The molecule has 0 unspecified atom stereocenters. The molecule has 0 bridgehead atoms. The Morgan fingerprint density at radius 1 is 1.70 bits per heavy atom. The number of carbonyl (C=O) groups is 2. The van der Waals surface area contributed by atoms with Crippen LogP contribution in [0.4, 0.5) is 0 Å². The third-order valence-electron chi connectivity index (χ3n) is 0.722. The Morgan fingerprint density at radius 3 is 2.70 bits per heavy atom. The smallest absolute Gasteiger partial charge is 0.396 e. The summed E-state index contributed by atoms with van der Waals surface area (Å²) in [7, 11) is 1.12. The summed E-state index contributed by atoms with van der Waals surface area (Å²) < 4.78 is 4.09. The zero-order valence-corrected chi connectivity index (χ0v) is 5.51. The van der Waals surface area contributed by atoms with Crippen LogP contribution in [0.1, 0.15) is 0 Å². The van der Waals surface area contributed by atoms with Crippen LogP contribution in [0.2, 0.25) is 0 Å². The Balaban J connectivity index is 3.65. The Labute approximate surface area is 58.5 Å². The summed E-state index contributed by atoms with van der Waals surface area (Å²) in [4.78, 5) is 20.8. The Morgan fingerprint density at radius 2 is 2.30 bits per heavy atom. The summed E-state index contributed by atoms with van der Waals surface area (Å²) in [6, 6.07) is 0. The number of hydrogen-bond acceptors (Lipinski definition) is 3. The van der Waals surface area contributed by atoms with E-state index in [-0.39, 0.29) is 6.54 Å². The number of terminal acetylenes is 1. The standard InChI is InChI=1S/C6H7NO3/c1-3-4-7-5(8)6(9)10-2/h1H,4H2,2H3,(H,7,8). The molecule has 1 N–H and O–H groups in total. The van der Waals surface area contributed by atoms with Crippen LogP contribution in [0, 0.1) is 12.3 Å². The van der Waals surface area contributed by atoms with Gasteiger partial charge in [0.05, 0.1) is 13.7 Å². The van der Waals surface area contributed by atoms with Gasteiger partial charge in [0.1, 0.15) is 0 Å². The van der Waals surface area contributed by atoms with Gasteiger partial charge >= 0.3 is 11.9 Å². The van der Waals surface area contributed by atoms with Gasteiger partial charge in [-0.1, -0.05) is 5.92 Å². The molecule has 0 spiro atoms. The molecule has 1 amide bonds. The van der Waals surface area contributed by atoms with Gasteiger partial charge in [0, 0.05) is 0 Å². The fourth-order valence-corrected chi connectivity index (χ4v) is 0.296. The van der Waals surface area contributed by atoms with Gasteiger partial charge in [-0.05, 0) is 0 Å². The Kier molecular flexibility index (Phi) is 3.73. The van der Waals surface area contributed by atoms with Gasteiger partial charge in [-0.15, -0.1) is 6.42 Å². The Bertz CT molecular complexity index is 180. The number of carbonyl (C=O) groups excluding carboxylic acids is 2. The van der Waals surface area contributed by atoms with Crippen molar-refractivity contribution >= 4 is 11.9 Å². The lowest BCUT2D eigenvalue weighted by molar-refractivity contribution is -0.152. The summed E-state index contributed by atoms with van der Waals surface area (Å²) in [5.74, 6) is 0.384. The molecule has 0 aliphatic carbocycles. The lowest BCUT2D eigenvalue weighted by Gasteiger charge is -1.96. The van der Waals surface area contributed by atoms with Crippen LogP contribution in [-0.2, 0) is 14.3 Å². The third kappa shape index (κ3) is 2.72. The largest absolute Gasteiger partial charge is 0.462 e. The van der Waals surface area contributed by atoms with Crippen molar-refractivity contribution in [2.24, 2.45) is 0 Å². The maximum absolute atomic E-state index is 10.5. The maximum atomic E-state index is 10.5. The van der Waals surface area contributed by atoms with E-state index in [9.17, 15) is 9.59 Å². The van der Waals surface area contributed by atoms with Crippen LogP contribution in [0.25, 0.3) is 0 Å². The molecule has 0 fully saturated rings. The van der Waals surface area contributed by atoms with E-state index in [4.69, 9.17) is 6.42 Å². The zero-order valence-electron chi connectivity index (χ0n) is 5.51. The molecule has 0 aromatic rings. The molecule has 4 heteroatoms. The molecule has 0 saturated heterocycles. The molecule has 0 saturated carbocycles. The first-order valence-electron chi connectivity index (χ1n) is 2.52. The van der Waals surface area contributed by atoms with E-state index < -0.39 is 11.9 Å². The number of hydrogen-bond donors (Lipinski definition) is 1. The first-order valence-corrected chi connectivity index (χ1v) is 2.52. The van der Waals surface area contributed by atoms with Crippen molar-refractivity contribution in [2.45, 2.75) is 0 Å². The molecule has 0 atom stereocenters. The van der Waals surface area contributed by atoms with Crippen LogP contribution in [-0.4, -0.2) is 25.5 Å². The van der Waals surface area contributed by atoms with Crippen molar-refractivity contribution in [1.29, 1.82) is 0 Å². The van der Waals surface area contributed by atoms with E-state index in [1.165, 1.54) is 0 Å². The molecule has 4 nitrogen and oxygen atoms in total. The SMILES string of the molecule is C#CCNC(=O)C(=O)OC. The van der Waals surface area contributed by atoms with E-state index in [0.717, 1.165) is 7.11 Å². The zero-order chi connectivity index (χ0) is 7.98. The highest BCUT2D eigenvalue weighted by Gasteiger charge is 2.10.